The van der Waals surface area contributed by atoms with Crippen LogP contribution in [0, 0.1) is 12.8 Å². The Morgan fingerprint density at radius 3 is 2.73 bits per heavy atom. The van der Waals surface area contributed by atoms with E-state index in [4.69, 9.17) is 4.74 Å². The second kappa shape index (κ2) is 5.54. The summed E-state index contributed by atoms with van der Waals surface area (Å²) >= 11 is 0. The molecule has 1 rings (SSSR count). The monoisotopic (exact) mass is 206 g/mol. The SMILES string of the molecule is Cc1ccc(OCCC(C)C)c(C=O)c1. The molecule has 1 aromatic carbocycles. The van der Waals surface area contributed by atoms with Gasteiger partial charge in [0.25, 0.3) is 0 Å². The molecule has 0 unspecified atom stereocenters. The van der Waals surface area contributed by atoms with Crippen LogP contribution >= 0.6 is 0 Å². The van der Waals surface area contributed by atoms with Crippen LogP contribution in [0.3, 0.4) is 0 Å². The maximum atomic E-state index is 10.8. The third kappa shape index (κ3) is 3.74. The summed E-state index contributed by atoms with van der Waals surface area (Å²) in [4.78, 5) is 10.8. The van der Waals surface area contributed by atoms with E-state index in [1.165, 1.54) is 0 Å². The number of hydrogen-bond acceptors (Lipinski definition) is 2. The molecule has 0 atom stereocenters. The summed E-state index contributed by atoms with van der Waals surface area (Å²) in [6.45, 7) is 6.94. The maximum Gasteiger partial charge on any atom is 0.153 e. The van der Waals surface area contributed by atoms with Crippen molar-refractivity contribution in [3.63, 3.8) is 0 Å². The van der Waals surface area contributed by atoms with Crippen molar-refractivity contribution in [2.24, 2.45) is 5.92 Å². The van der Waals surface area contributed by atoms with Gasteiger partial charge >= 0.3 is 0 Å². The first-order valence-corrected chi connectivity index (χ1v) is 5.32. The van der Waals surface area contributed by atoms with Gasteiger partial charge in [-0.1, -0.05) is 25.5 Å². The molecule has 0 spiro atoms. The average Bonchev–Trinajstić information content (AvgIpc) is 2.19. The Labute approximate surface area is 91.3 Å². The second-order valence-electron chi connectivity index (χ2n) is 4.19. The third-order valence-corrected chi connectivity index (χ3v) is 2.25. The molecule has 0 amide bonds. The lowest BCUT2D eigenvalue weighted by Gasteiger charge is -2.10. The Balaban J connectivity index is 2.64. The van der Waals surface area contributed by atoms with Gasteiger partial charge in [0.2, 0.25) is 0 Å². The highest BCUT2D eigenvalue weighted by atomic mass is 16.5. The van der Waals surface area contributed by atoms with E-state index in [1.807, 2.05) is 25.1 Å². The number of hydrogen-bond donors (Lipinski definition) is 0. The van der Waals surface area contributed by atoms with Crippen molar-refractivity contribution >= 4 is 6.29 Å². The predicted molar refractivity (Wildman–Crippen MR) is 61.5 cm³/mol. The largest absolute Gasteiger partial charge is 0.493 e. The van der Waals surface area contributed by atoms with E-state index < -0.39 is 0 Å². The molecular formula is C13H18O2. The Bertz CT molecular complexity index is 329. The highest BCUT2D eigenvalue weighted by Crippen LogP contribution is 2.18. The van der Waals surface area contributed by atoms with E-state index in [1.54, 1.807) is 0 Å². The molecule has 0 N–H and O–H groups in total. The van der Waals surface area contributed by atoms with Crippen LogP contribution in [0.2, 0.25) is 0 Å². The van der Waals surface area contributed by atoms with Gasteiger partial charge in [0.1, 0.15) is 5.75 Å². The van der Waals surface area contributed by atoms with Crippen LogP contribution in [0.4, 0.5) is 0 Å². The first-order valence-electron chi connectivity index (χ1n) is 5.32. The Morgan fingerprint density at radius 2 is 2.13 bits per heavy atom. The lowest BCUT2D eigenvalue weighted by Crippen LogP contribution is -2.03. The van der Waals surface area contributed by atoms with E-state index in [0.717, 1.165) is 18.3 Å². The van der Waals surface area contributed by atoms with Crippen LogP contribution in [-0.4, -0.2) is 12.9 Å². The van der Waals surface area contributed by atoms with Gasteiger partial charge in [0.05, 0.1) is 12.2 Å². The van der Waals surface area contributed by atoms with Crippen LogP contribution in [0.1, 0.15) is 36.2 Å². The molecule has 0 bridgehead atoms. The van der Waals surface area contributed by atoms with Crippen molar-refractivity contribution in [1.82, 2.24) is 0 Å². The molecule has 82 valence electrons. The highest BCUT2D eigenvalue weighted by molar-refractivity contribution is 5.79. The first kappa shape index (κ1) is 11.8. The number of ether oxygens (including phenoxy) is 1. The van der Waals surface area contributed by atoms with Crippen molar-refractivity contribution in [3.8, 4) is 5.75 Å². The van der Waals surface area contributed by atoms with Crippen LogP contribution in [0.15, 0.2) is 18.2 Å². The minimum atomic E-state index is 0.620. The fourth-order valence-corrected chi connectivity index (χ4v) is 1.30. The van der Waals surface area contributed by atoms with Crippen molar-refractivity contribution in [1.29, 1.82) is 0 Å². The molecule has 2 heteroatoms. The summed E-state index contributed by atoms with van der Waals surface area (Å²) in [7, 11) is 0. The molecule has 0 aliphatic heterocycles. The van der Waals surface area contributed by atoms with Crippen molar-refractivity contribution in [2.45, 2.75) is 27.2 Å². The molecule has 0 radical (unpaired) electrons. The Hall–Kier alpha value is -1.31. The maximum absolute atomic E-state index is 10.8. The molecule has 0 aliphatic carbocycles. The number of carbonyl (C=O) groups is 1. The van der Waals surface area contributed by atoms with Crippen molar-refractivity contribution in [3.05, 3.63) is 29.3 Å². The standard InChI is InChI=1S/C13H18O2/c1-10(2)6-7-15-13-5-4-11(3)8-12(13)9-14/h4-5,8-10H,6-7H2,1-3H3. The molecule has 0 saturated heterocycles. The van der Waals surface area contributed by atoms with Crippen LogP contribution in [0.5, 0.6) is 5.75 Å². The van der Waals surface area contributed by atoms with Crippen LogP contribution in [-0.2, 0) is 0 Å². The van der Waals surface area contributed by atoms with E-state index in [0.29, 0.717) is 23.8 Å². The Morgan fingerprint density at radius 1 is 1.40 bits per heavy atom. The summed E-state index contributed by atoms with van der Waals surface area (Å²) < 4.78 is 5.56. The number of carbonyl (C=O) groups excluding carboxylic acids is 1. The van der Waals surface area contributed by atoms with E-state index in [-0.39, 0.29) is 0 Å². The molecule has 2 nitrogen and oxygen atoms in total. The van der Waals surface area contributed by atoms with Gasteiger partial charge in [-0.05, 0) is 31.4 Å². The van der Waals surface area contributed by atoms with E-state index in [9.17, 15) is 4.79 Å². The molecule has 0 aromatic heterocycles. The summed E-state index contributed by atoms with van der Waals surface area (Å²) in [5.41, 5.74) is 1.71. The smallest absolute Gasteiger partial charge is 0.153 e. The molecule has 15 heavy (non-hydrogen) atoms. The van der Waals surface area contributed by atoms with E-state index in [2.05, 4.69) is 13.8 Å². The van der Waals surface area contributed by atoms with Gasteiger partial charge in [-0.2, -0.15) is 0 Å². The zero-order chi connectivity index (χ0) is 11.3. The molecule has 0 aliphatic rings. The minimum absolute atomic E-state index is 0.620. The lowest BCUT2D eigenvalue weighted by atomic mass is 10.1. The molecule has 0 fully saturated rings. The van der Waals surface area contributed by atoms with Gasteiger partial charge < -0.3 is 4.74 Å². The van der Waals surface area contributed by atoms with Crippen LogP contribution < -0.4 is 4.74 Å². The van der Waals surface area contributed by atoms with Gasteiger partial charge in [0, 0.05) is 0 Å². The van der Waals surface area contributed by atoms with Crippen molar-refractivity contribution < 1.29 is 9.53 Å². The number of rotatable bonds is 5. The van der Waals surface area contributed by atoms with E-state index >= 15 is 0 Å². The zero-order valence-corrected chi connectivity index (χ0v) is 9.62. The molecule has 0 heterocycles. The summed E-state index contributed by atoms with van der Waals surface area (Å²) in [5, 5.41) is 0. The van der Waals surface area contributed by atoms with Gasteiger partial charge in [-0.3, -0.25) is 4.79 Å². The Kier molecular flexibility index (Phi) is 4.35. The van der Waals surface area contributed by atoms with Crippen LogP contribution in [0.25, 0.3) is 0 Å². The zero-order valence-electron chi connectivity index (χ0n) is 9.62. The quantitative estimate of drug-likeness (QED) is 0.691. The average molecular weight is 206 g/mol. The second-order valence-corrected chi connectivity index (χ2v) is 4.19. The van der Waals surface area contributed by atoms with Gasteiger partial charge in [0.15, 0.2) is 6.29 Å². The molecule has 0 saturated carbocycles. The number of aryl methyl sites for hydroxylation is 1. The fraction of sp³-hybridized carbons (Fsp3) is 0.462. The fourth-order valence-electron chi connectivity index (χ4n) is 1.30. The van der Waals surface area contributed by atoms with Crippen molar-refractivity contribution in [2.75, 3.05) is 6.61 Å². The minimum Gasteiger partial charge on any atom is -0.493 e. The van der Waals surface area contributed by atoms with Gasteiger partial charge in [-0.25, -0.2) is 0 Å². The molecule has 1 aromatic rings. The topological polar surface area (TPSA) is 26.3 Å². The van der Waals surface area contributed by atoms with Gasteiger partial charge in [-0.15, -0.1) is 0 Å². The normalized spacial score (nSPS) is 10.4. The summed E-state index contributed by atoms with van der Waals surface area (Å²) in [6.07, 6.45) is 1.85. The lowest BCUT2D eigenvalue weighted by molar-refractivity contribution is 0.111. The predicted octanol–water partition coefficient (Wildman–Crippen LogP) is 3.23. The highest BCUT2D eigenvalue weighted by Gasteiger charge is 2.03. The number of aldehydes is 1. The summed E-state index contributed by atoms with van der Waals surface area (Å²) in [5.74, 6) is 1.31. The summed E-state index contributed by atoms with van der Waals surface area (Å²) in [6, 6.07) is 5.66. The number of benzene rings is 1. The first-order chi connectivity index (χ1) is 7.13. The molecular weight excluding hydrogens is 188 g/mol. The third-order valence-electron chi connectivity index (χ3n) is 2.25.